The van der Waals surface area contributed by atoms with Crippen LogP contribution in [0, 0.1) is 11.8 Å². The van der Waals surface area contributed by atoms with Crippen LogP contribution in [0.5, 0.6) is 5.75 Å². The van der Waals surface area contributed by atoms with Gasteiger partial charge in [0.05, 0.1) is 50.3 Å². The van der Waals surface area contributed by atoms with Crippen LogP contribution < -0.4 is 10.1 Å². The zero-order chi connectivity index (χ0) is 25.2. The van der Waals surface area contributed by atoms with Gasteiger partial charge in [0, 0.05) is 29.7 Å². The molecule has 0 spiro atoms. The lowest BCUT2D eigenvalue weighted by Gasteiger charge is -2.55. The van der Waals surface area contributed by atoms with E-state index in [1.54, 1.807) is 19.2 Å². The lowest BCUT2D eigenvalue weighted by atomic mass is 9.57. The third-order valence-corrected chi connectivity index (χ3v) is 8.92. The Hall–Kier alpha value is -1.75. The Bertz CT molecular complexity index is 1060. The number of carbonyl (C=O) groups excluding carboxylic acids is 1. The monoisotopic (exact) mass is 517 g/mol. The Morgan fingerprint density at radius 1 is 1.17 bits per heavy atom. The highest BCUT2D eigenvalue weighted by molar-refractivity contribution is 6.42. The van der Waals surface area contributed by atoms with Crippen LogP contribution in [-0.2, 0) is 16.6 Å². The molecule has 1 heterocycles. The average molecular weight is 519 g/mol. The molecule has 2 aromatic carbocycles. The van der Waals surface area contributed by atoms with Crippen molar-refractivity contribution in [3.8, 4) is 5.75 Å². The van der Waals surface area contributed by atoms with Gasteiger partial charge < -0.3 is 14.5 Å². The molecule has 4 atom stereocenters. The van der Waals surface area contributed by atoms with Crippen molar-refractivity contribution in [2.24, 2.45) is 11.8 Å². The van der Waals surface area contributed by atoms with Crippen LogP contribution in [0.25, 0.3) is 0 Å². The second-order valence-electron chi connectivity index (χ2n) is 11.4. The zero-order valence-corrected chi connectivity index (χ0v) is 23.0. The Labute approximate surface area is 220 Å². The second-order valence-corrected chi connectivity index (χ2v) is 12.2. The maximum atomic E-state index is 13.0. The van der Waals surface area contributed by atoms with E-state index in [1.807, 2.05) is 12.1 Å². The molecule has 1 aliphatic heterocycles. The standard InChI is InChI=1S/C29H38Cl2N2O2/c1-20(2)18-33(3)13-12-29(22-6-5-7-25(16-22)35-4)17-24(10-9-23(29)19-33)32-28(34)15-21-8-11-26(30)27(31)14-21/h5-8,11,14,16,20,23-24H,9-10,12-13,15,17-19H2,1-4H3/p+1/t23?,24-,29+,33-/m0/s1. The number of amides is 1. The van der Waals surface area contributed by atoms with Crippen LogP contribution >= 0.6 is 23.2 Å². The second kappa shape index (κ2) is 10.7. The summed E-state index contributed by atoms with van der Waals surface area (Å²) < 4.78 is 6.74. The van der Waals surface area contributed by atoms with E-state index in [0.29, 0.717) is 28.3 Å². The predicted molar refractivity (Wildman–Crippen MR) is 144 cm³/mol. The summed E-state index contributed by atoms with van der Waals surface area (Å²) in [5.74, 6) is 2.23. The molecule has 1 saturated heterocycles. The first-order valence-electron chi connectivity index (χ1n) is 12.8. The Kier molecular flexibility index (Phi) is 8.05. The van der Waals surface area contributed by atoms with Gasteiger partial charge >= 0.3 is 0 Å². The van der Waals surface area contributed by atoms with Crippen molar-refractivity contribution in [2.75, 3.05) is 33.8 Å². The first-order valence-corrected chi connectivity index (χ1v) is 13.6. The molecule has 0 aromatic heterocycles. The summed E-state index contributed by atoms with van der Waals surface area (Å²) >= 11 is 12.2. The zero-order valence-electron chi connectivity index (χ0n) is 21.4. The highest BCUT2D eigenvalue weighted by atomic mass is 35.5. The molecule has 4 rings (SSSR count). The van der Waals surface area contributed by atoms with Crippen molar-refractivity contribution in [3.05, 3.63) is 63.6 Å². The average Bonchev–Trinajstić information content (AvgIpc) is 2.81. The van der Waals surface area contributed by atoms with Crippen molar-refractivity contribution >= 4 is 29.1 Å². The lowest BCUT2D eigenvalue weighted by molar-refractivity contribution is -0.922. The Balaban J connectivity index is 1.54. The summed E-state index contributed by atoms with van der Waals surface area (Å²) in [6.45, 7) is 8.23. The van der Waals surface area contributed by atoms with E-state index < -0.39 is 0 Å². The Morgan fingerprint density at radius 3 is 2.69 bits per heavy atom. The van der Waals surface area contributed by atoms with Gasteiger partial charge in [-0.1, -0.05) is 55.2 Å². The smallest absolute Gasteiger partial charge is 0.224 e. The number of fused-ring (bicyclic) bond motifs is 1. The van der Waals surface area contributed by atoms with E-state index in [0.717, 1.165) is 48.0 Å². The van der Waals surface area contributed by atoms with Crippen LogP contribution in [0.15, 0.2) is 42.5 Å². The quantitative estimate of drug-likeness (QED) is 0.439. The third kappa shape index (κ3) is 5.98. The molecular formula is C29H39Cl2N2O2+. The molecule has 1 aliphatic carbocycles. The number of piperidine rings is 1. The number of nitrogens with zero attached hydrogens (tertiary/aromatic N) is 1. The normalized spacial score (nSPS) is 28.4. The molecule has 1 saturated carbocycles. The molecule has 1 amide bonds. The summed E-state index contributed by atoms with van der Waals surface area (Å²) in [4.78, 5) is 13.0. The largest absolute Gasteiger partial charge is 0.497 e. The molecule has 1 N–H and O–H groups in total. The SMILES string of the molecule is COc1cccc([C@]23CC[N@@+](C)(CC(C)C)CC2CC[C@H](NC(=O)Cc2ccc(Cl)c(Cl)c2)C3)c1. The van der Waals surface area contributed by atoms with Gasteiger partial charge in [0.15, 0.2) is 0 Å². The number of nitrogens with one attached hydrogen (secondary N) is 1. The van der Waals surface area contributed by atoms with E-state index in [-0.39, 0.29) is 17.4 Å². The van der Waals surface area contributed by atoms with Crippen molar-refractivity contribution in [3.63, 3.8) is 0 Å². The number of methoxy groups -OCH3 is 1. The number of ether oxygens (including phenoxy) is 1. The third-order valence-electron chi connectivity index (χ3n) is 8.18. The molecule has 1 unspecified atom stereocenters. The van der Waals surface area contributed by atoms with E-state index in [4.69, 9.17) is 27.9 Å². The summed E-state index contributed by atoms with van der Waals surface area (Å²) in [7, 11) is 4.17. The van der Waals surface area contributed by atoms with Crippen molar-refractivity contribution in [1.82, 2.24) is 5.32 Å². The summed E-state index contributed by atoms with van der Waals surface area (Å²) in [6, 6.07) is 14.2. The summed E-state index contributed by atoms with van der Waals surface area (Å²) in [6.07, 6.45) is 4.56. The molecule has 4 nitrogen and oxygen atoms in total. The van der Waals surface area contributed by atoms with Crippen LogP contribution in [0.4, 0.5) is 0 Å². The molecule has 0 bridgehead atoms. The highest BCUT2D eigenvalue weighted by Gasteiger charge is 2.52. The van der Waals surface area contributed by atoms with Crippen LogP contribution in [0.3, 0.4) is 0 Å². The number of quaternary nitrogens is 1. The van der Waals surface area contributed by atoms with Gasteiger partial charge in [0.2, 0.25) is 5.91 Å². The lowest BCUT2D eigenvalue weighted by Crippen LogP contribution is -2.62. The fraction of sp³-hybridized carbons (Fsp3) is 0.552. The van der Waals surface area contributed by atoms with Crippen LogP contribution in [0.1, 0.15) is 50.7 Å². The molecule has 2 aromatic rings. The maximum absolute atomic E-state index is 13.0. The van der Waals surface area contributed by atoms with Gasteiger partial charge in [-0.2, -0.15) is 0 Å². The van der Waals surface area contributed by atoms with Gasteiger partial charge in [-0.15, -0.1) is 0 Å². The van der Waals surface area contributed by atoms with E-state index >= 15 is 0 Å². The molecule has 0 radical (unpaired) electrons. The summed E-state index contributed by atoms with van der Waals surface area (Å²) in [5.41, 5.74) is 2.30. The first-order chi connectivity index (χ1) is 16.6. The van der Waals surface area contributed by atoms with Crippen molar-refractivity contribution in [2.45, 2.75) is 57.4 Å². The fourth-order valence-corrected chi connectivity index (χ4v) is 7.09. The van der Waals surface area contributed by atoms with Crippen LogP contribution in [-0.4, -0.2) is 50.2 Å². The van der Waals surface area contributed by atoms with Gasteiger partial charge in [-0.25, -0.2) is 0 Å². The number of benzene rings is 2. The molecule has 2 aliphatic rings. The molecule has 6 heteroatoms. The minimum atomic E-state index is 0.0452. The Morgan fingerprint density at radius 2 is 1.97 bits per heavy atom. The van der Waals surface area contributed by atoms with Gasteiger partial charge in [-0.3, -0.25) is 4.79 Å². The van der Waals surface area contributed by atoms with E-state index in [1.165, 1.54) is 18.7 Å². The molecular weight excluding hydrogens is 479 g/mol. The van der Waals surface area contributed by atoms with E-state index in [2.05, 4.69) is 44.4 Å². The van der Waals surface area contributed by atoms with Crippen molar-refractivity contribution < 1.29 is 14.0 Å². The number of hydrogen-bond donors (Lipinski definition) is 1. The number of halogens is 2. The van der Waals surface area contributed by atoms with E-state index in [9.17, 15) is 4.79 Å². The van der Waals surface area contributed by atoms with Gasteiger partial charge in [0.1, 0.15) is 5.75 Å². The first kappa shape index (κ1) is 26.3. The fourth-order valence-electron chi connectivity index (χ4n) is 6.77. The number of hydrogen-bond acceptors (Lipinski definition) is 2. The van der Waals surface area contributed by atoms with Crippen molar-refractivity contribution in [1.29, 1.82) is 0 Å². The number of carbonyl (C=O) groups is 1. The maximum Gasteiger partial charge on any atom is 0.224 e. The molecule has 35 heavy (non-hydrogen) atoms. The highest BCUT2D eigenvalue weighted by Crippen LogP contribution is 2.51. The minimum Gasteiger partial charge on any atom is -0.497 e. The van der Waals surface area contributed by atoms with Crippen LogP contribution in [0.2, 0.25) is 10.0 Å². The van der Waals surface area contributed by atoms with Gasteiger partial charge in [0.25, 0.3) is 0 Å². The van der Waals surface area contributed by atoms with Gasteiger partial charge in [-0.05, 0) is 54.7 Å². The molecule has 190 valence electrons. The number of likely N-dealkylation sites (tertiary alicyclic amines) is 1. The predicted octanol–water partition coefficient (Wildman–Crippen LogP) is 6.27. The number of rotatable bonds is 7. The minimum absolute atomic E-state index is 0.0452. The summed E-state index contributed by atoms with van der Waals surface area (Å²) in [5, 5.41) is 4.35. The topological polar surface area (TPSA) is 38.3 Å². The molecule has 2 fully saturated rings.